The summed E-state index contributed by atoms with van der Waals surface area (Å²) in [6.07, 6.45) is 4.59. The monoisotopic (exact) mass is 370 g/mol. The number of hydrogen-bond acceptors (Lipinski definition) is 3. The van der Waals surface area contributed by atoms with Crippen molar-refractivity contribution in [2.45, 2.75) is 13.3 Å². The van der Waals surface area contributed by atoms with Crippen molar-refractivity contribution in [3.8, 4) is 0 Å². The number of fused-ring (bicyclic) bond motifs is 1. The molecule has 140 valence electrons. The average Bonchev–Trinajstić information content (AvgIpc) is 3.11. The van der Waals surface area contributed by atoms with Crippen LogP contribution in [0.5, 0.6) is 0 Å². The van der Waals surface area contributed by atoms with Crippen molar-refractivity contribution in [2.24, 2.45) is 0 Å². The Morgan fingerprint density at radius 2 is 1.93 bits per heavy atom. The van der Waals surface area contributed by atoms with Gasteiger partial charge < -0.3 is 15.6 Å². The van der Waals surface area contributed by atoms with Gasteiger partial charge in [0.05, 0.1) is 0 Å². The third-order valence-electron chi connectivity index (χ3n) is 4.67. The Kier molecular flexibility index (Phi) is 5.06. The minimum absolute atomic E-state index is 0.217. The summed E-state index contributed by atoms with van der Waals surface area (Å²) in [6, 6.07) is 19.6. The SMILES string of the molecule is Cc1cccc(NC(=O)c2cc(NCCc3c[nH]c4ccccc34)ccn2)c1. The van der Waals surface area contributed by atoms with Crippen molar-refractivity contribution in [2.75, 3.05) is 17.2 Å². The van der Waals surface area contributed by atoms with Gasteiger partial charge in [0.25, 0.3) is 5.91 Å². The van der Waals surface area contributed by atoms with Crippen LogP contribution in [0.25, 0.3) is 10.9 Å². The highest BCUT2D eigenvalue weighted by Crippen LogP contribution is 2.18. The lowest BCUT2D eigenvalue weighted by atomic mass is 10.1. The van der Waals surface area contributed by atoms with E-state index in [4.69, 9.17) is 0 Å². The third kappa shape index (κ3) is 4.04. The predicted octanol–water partition coefficient (Wildman–Crippen LogP) is 4.78. The predicted molar refractivity (Wildman–Crippen MR) is 114 cm³/mol. The number of carbonyl (C=O) groups excluding carboxylic acids is 1. The number of nitrogens with zero attached hydrogens (tertiary/aromatic N) is 1. The minimum atomic E-state index is -0.217. The molecule has 0 saturated heterocycles. The van der Waals surface area contributed by atoms with Gasteiger partial charge in [-0.1, -0.05) is 30.3 Å². The van der Waals surface area contributed by atoms with E-state index in [-0.39, 0.29) is 5.91 Å². The maximum atomic E-state index is 12.5. The standard InChI is InChI=1S/C23H22N4O/c1-16-5-4-6-19(13-16)27-23(28)22-14-18(10-12-25-22)24-11-9-17-15-26-21-8-3-2-7-20(17)21/h2-8,10,12-15,26H,9,11H2,1H3,(H,24,25)(H,27,28). The molecule has 2 aromatic heterocycles. The number of carbonyl (C=O) groups is 1. The van der Waals surface area contributed by atoms with E-state index in [1.54, 1.807) is 12.3 Å². The van der Waals surface area contributed by atoms with E-state index in [2.05, 4.69) is 45.0 Å². The number of H-pyrrole nitrogens is 1. The second kappa shape index (κ2) is 7.96. The van der Waals surface area contributed by atoms with Gasteiger partial charge in [-0.3, -0.25) is 9.78 Å². The maximum Gasteiger partial charge on any atom is 0.274 e. The number of rotatable bonds is 6. The Morgan fingerprint density at radius 1 is 1.04 bits per heavy atom. The van der Waals surface area contributed by atoms with E-state index < -0.39 is 0 Å². The fourth-order valence-electron chi connectivity index (χ4n) is 3.26. The zero-order chi connectivity index (χ0) is 19.3. The van der Waals surface area contributed by atoms with E-state index in [1.807, 2.05) is 43.3 Å². The Hall–Kier alpha value is -3.60. The van der Waals surface area contributed by atoms with Gasteiger partial charge in [-0.25, -0.2) is 0 Å². The van der Waals surface area contributed by atoms with Crippen molar-refractivity contribution in [1.82, 2.24) is 9.97 Å². The molecule has 3 N–H and O–H groups in total. The second-order valence-corrected chi connectivity index (χ2v) is 6.79. The molecule has 1 amide bonds. The van der Waals surface area contributed by atoms with Crippen LogP contribution in [0.2, 0.25) is 0 Å². The smallest absolute Gasteiger partial charge is 0.274 e. The van der Waals surface area contributed by atoms with Crippen molar-refractivity contribution < 1.29 is 4.79 Å². The molecule has 28 heavy (non-hydrogen) atoms. The summed E-state index contributed by atoms with van der Waals surface area (Å²) in [4.78, 5) is 20.0. The number of anilines is 2. The molecule has 0 bridgehead atoms. The zero-order valence-electron chi connectivity index (χ0n) is 15.7. The van der Waals surface area contributed by atoms with Gasteiger partial charge in [-0.15, -0.1) is 0 Å². The van der Waals surface area contributed by atoms with Crippen molar-refractivity contribution in [3.63, 3.8) is 0 Å². The molecule has 2 aromatic carbocycles. The molecule has 0 fully saturated rings. The fraction of sp³-hybridized carbons (Fsp3) is 0.130. The lowest BCUT2D eigenvalue weighted by molar-refractivity contribution is 0.102. The van der Waals surface area contributed by atoms with Crippen LogP contribution in [0.15, 0.2) is 73.1 Å². The number of amides is 1. The Bertz CT molecular complexity index is 1120. The first-order valence-electron chi connectivity index (χ1n) is 9.32. The molecule has 5 nitrogen and oxygen atoms in total. The van der Waals surface area contributed by atoms with Crippen LogP contribution in [-0.4, -0.2) is 22.4 Å². The van der Waals surface area contributed by atoms with E-state index in [0.717, 1.165) is 35.4 Å². The Morgan fingerprint density at radius 3 is 2.82 bits per heavy atom. The van der Waals surface area contributed by atoms with Gasteiger partial charge in [0.2, 0.25) is 0 Å². The molecular formula is C23H22N4O. The molecule has 0 aliphatic rings. The molecule has 2 heterocycles. The molecule has 0 saturated carbocycles. The first kappa shape index (κ1) is 17.8. The van der Waals surface area contributed by atoms with Crippen LogP contribution in [-0.2, 0) is 6.42 Å². The van der Waals surface area contributed by atoms with Crippen LogP contribution in [0, 0.1) is 6.92 Å². The molecule has 0 radical (unpaired) electrons. The van der Waals surface area contributed by atoms with E-state index in [9.17, 15) is 4.79 Å². The Balaban J connectivity index is 1.39. The first-order valence-corrected chi connectivity index (χ1v) is 9.32. The van der Waals surface area contributed by atoms with E-state index >= 15 is 0 Å². The highest BCUT2D eigenvalue weighted by atomic mass is 16.1. The van der Waals surface area contributed by atoms with Gasteiger partial charge in [0.15, 0.2) is 0 Å². The number of benzene rings is 2. The number of nitrogens with one attached hydrogen (secondary N) is 3. The number of aryl methyl sites for hydroxylation is 1. The summed E-state index contributed by atoms with van der Waals surface area (Å²) in [7, 11) is 0. The summed E-state index contributed by atoms with van der Waals surface area (Å²) < 4.78 is 0. The molecule has 0 aliphatic carbocycles. The lowest BCUT2D eigenvalue weighted by Gasteiger charge is -2.09. The molecule has 4 aromatic rings. The van der Waals surface area contributed by atoms with Crippen LogP contribution in [0.3, 0.4) is 0 Å². The molecular weight excluding hydrogens is 348 g/mol. The molecule has 4 rings (SSSR count). The highest BCUT2D eigenvalue weighted by molar-refractivity contribution is 6.03. The van der Waals surface area contributed by atoms with Crippen molar-refractivity contribution in [1.29, 1.82) is 0 Å². The van der Waals surface area contributed by atoms with Gasteiger partial charge >= 0.3 is 0 Å². The summed E-state index contributed by atoms with van der Waals surface area (Å²) in [5.41, 5.74) is 5.55. The Labute approximate surface area is 163 Å². The summed E-state index contributed by atoms with van der Waals surface area (Å²) >= 11 is 0. The van der Waals surface area contributed by atoms with Crippen LogP contribution < -0.4 is 10.6 Å². The van der Waals surface area contributed by atoms with E-state index in [0.29, 0.717) is 5.69 Å². The number of aromatic amines is 1. The van der Waals surface area contributed by atoms with Gasteiger partial charge in [0.1, 0.15) is 5.69 Å². The van der Waals surface area contributed by atoms with Gasteiger partial charge in [0, 0.05) is 41.2 Å². The van der Waals surface area contributed by atoms with Crippen molar-refractivity contribution >= 4 is 28.2 Å². The third-order valence-corrected chi connectivity index (χ3v) is 4.67. The molecule has 0 aliphatic heterocycles. The summed E-state index contributed by atoms with van der Waals surface area (Å²) in [5, 5.41) is 7.52. The molecule has 0 atom stereocenters. The fourth-order valence-corrected chi connectivity index (χ4v) is 3.26. The largest absolute Gasteiger partial charge is 0.385 e. The number of para-hydroxylation sites is 1. The van der Waals surface area contributed by atoms with Crippen molar-refractivity contribution in [3.05, 3.63) is 89.9 Å². The normalized spacial score (nSPS) is 10.8. The zero-order valence-corrected chi connectivity index (χ0v) is 15.7. The topological polar surface area (TPSA) is 69.8 Å². The van der Waals surface area contributed by atoms with Gasteiger partial charge in [-0.2, -0.15) is 0 Å². The quantitative estimate of drug-likeness (QED) is 0.457. The lowest BCUT2D eigenvalue weighted by Crippen LogP contribution is -2.14. The summed E-state index contributed by atoms with van der Waals surface area (Å²) in [5.74, 6) is -0.217. The summed E-state index contributed by atoms with van der Waals surface area (Å²) in [6.45, 7) is 2.76. The highest BCUT2D eigenvalue weighted by Gasteiger charge is 2.09. The molecule has 0 unspecified atom stereocenters. The van der Waals surface area contributed by atoms with Gasteiger partial charge in [-0.05, 0) is 54.8 Å². The maximum absolute atomic E-state index is 12.5. The van der Waals surface area contributed by atoms with Crippen LogP contribution in [0.1, 0.15) is 21.6 Å². The second-order valence-electron chi connectivity index (χ2n) is 6.79. The average molecular weight is 370 g/mol. The van der Waals surface area contributed by atoms with Crippen LogP contribution in [0.4, 0.5) is 11.4 Å². The number of hydrogen-bond donors (Lipinski definition) is 3. The van der Waals surface area contributed by atoms with E-state index in [1.165, 1.54) is 10.9 Å². The first-order chi connectivity index (χ1) is 13.7. The number of pyridine rings is 1. The molecule has 5 heteroatoms. The van der Waals surface area contributed by atoms with Crippen LogP contribution >= 0.6 is 0 Å². The minimum Gasteiger partial charge on any atom is -0.385 e. The number of aromatic nitrogens is 2. The molecule has 0 spiro atoms.